The highest BCUT2D eigenvalue weighted by Crippen LogP contribution is 2.29. The highest BCUT2D eigenvalue weighted by Gasteiger charge is 2.11. The summed E-state index contributed by atoms with van der Waals surface area (Å²) < 4.78 is 10.1. The standard InChI is InChI=1S/C21H26O4/c1-13(2)18-10-16(6-7-20(18)22)11-19-14(3)8-17(9-15(19)4)25-12-21(23)24-5/h6-10,13,22H,11-12H2,1-5H3. The molecule has 4 nitrogen and oxygen atoms in total. The summed E-state index contributed by atoms with van der Waals surface area (Å²) in [7, 11) is 1.34. The number of ether oxygens (including phenoxy) is 2. The number of rotatable bonds is 6. The average molecular weight is 342 g/mol. The van der Waals surface area contributed by atoms with Crippen LogP contribution in [0.1, 0.15) is 47.6 Å². The van der Waals surface area contributed by atoms with Crippen molar-refractivity contribution in [2.24, 2.45) is 0 Å². The zero-order valence-corrected chi connectivity index (χ0v) is 15.6. The van der Waals surface area contributed by atoms with Gasteiger partial charge in [-0.25, -0.2) is 4.79 Å². The van der Waals surface area contributed by atoms with E-state index in [1.54, 1.807) is 6.07 Å². The van der Waals surface area contributed by atoms with Crippen LogP contribution in [0.3, 0.4) is 0 Å². The lowest BCUT2D eigenvalue weighted by atomic mass is 9.93. The normalized spacial score (nSPS) is 10.8. The van der Waals surface area contributed by atoms with Crippen molar-refractivity contribution >= 4 is 5.97 Å². The summed E-state index contributed by atoms with van der Waals surface area (Å²) >= 11 is 0. The zero-order valence-electron chi connectivity index (χ0n) is 15.6. The van der Waals surface area contributed by atoms with Gasteiger partial charge in [0.25, 0.3) is 0 Å². The van der Waals surface area contributed by atoms with E-state index in [4.69, 9.17) is 4.74 Å². The summed E-state index contributed by atoms with van der Waals surface area (Å²) in [4.78, 5) is 11.2. The van der Waals surface area contributed by atoms with Gasteiger partial charge in [-0.15, -0.1) is 0 Å². The number of hydrogen-bond donors (Lipinski definition) is 1. The Kier molecular flexibility index (Phi) is 6.07. The fourth-order valence-electron chi connectivity index (χ4n) is 2.90. The molecule has 134 valence electrons. The van der Waals surface area contributed by atoms with Crippen LogP contribution in [0.4, 0.5) is 0 Å². The predicted molar refractivity (Wildman–Crippen MR) is 98.4 cm³/mol. The molecule has 4 heteroatoms. The van der Waals surface area contributed by atoms with Gasteiger partial charge in [-0.1, -0.05) is 26.0 Å². The highest BCUT2D eigenvalue weighted by molar-refractivity contribution is 5.70. The molecule has 0 saturated carbocycles. The van der Waals surface area contributed by atoms with E-state index in [2.05, 4.69) is 24.7 Å². The molecule has 2 aromatic rings. The molecule has 0 spiro atoms. The first-order valence-corrected chi connectivity index (χ1v) is 8.43. The van der Waals surface area contributed by atoms with Gasteiger partial charge in [0, 0.05) is 0 Å². The third-order valence-electron chi connectivity index (χ3n) is 4.35. The van der Waals surface area contributed by atoms with E-state index in [1.165, 1.54) is 12.7 Å². The molecule has 0 amide bonds. The van der Waals surface area contributed by atoms with Crippen LogP contribution in [-0.4, -0.2) is 24.8 Å². The molecule has 0 fully saturated rings. The second-order valence-electron chi connectivity index (χ2n) is 6.63. The van der Waals surface area contributed by atoms with E-state index >= 15 is 0 Å². The number of aryl methyl sites for hydroxylation is 2. The molecule has 0 aliphatic carbocycles. The lowest BCUT2D eigenvalue weighted by Crippen LogP contribution is -2.12. The molecule has 0 aliphatic heterocycles. The molecule has 0 saturated heterocycles. The van der Waals surface area contributed by atoms with Gasteiger partial charge >= 0.3 is 5.97 Å². The average Bonchev–Trinajstić information content (AvgIpc) is 2.57. The van der Waals surface area contributed by atoms with Gasteiger partial charge in [-0.05, 0) is 72.2 Å². The van der Waals surface area contributed by atoms with E-state index in [1.807, 2.05) is 32.0 Å². The van der Waals surface area contributed by atoms with E-state index < -0.39 is 5.97 Å². The number of esters is 1. The summed E-state index contributed by atoms with van der Waals surface area (Å²) in [6, 6.07) is 9.68. The lowest BCUT2D eigenvalue weighted by molar-refractivity contribution is -0.142. The van der Waals surface area contributed by atoms with Crippen LogP contribution in [0.2, 0.25) is 0 Å². The summed E-state index contributed by atoms with van der Waals surface area (Å²) in [5.41, 5.74) is 5.57. The van der Waals surface area contributed by atoms with Gasteiger partial charge in [0.2, 0.25) is 0 Å². The highest BCUT2D eigenvalue weighted by atomic mass is 16.6. The fraction of sp³-hybridized carbons (Fsp3) is 0.381. The quantitative estimate of drug-likeness (QED) is 0.796. The monoisotopic (exact) mass is 342 g/mol. The van der Waals surface area contributed by atoms with Crippen molar-refractivity contribution < 1.29 is 19.4 Å². The maximum Gasteiger partial charge on any atom is 0.343 e. The Morgan fingerprint density at radius 2 is 1.76 bits per heavy atom. The molecular weight excluding hydrogens is 316 g/mol. The van der Waals surface area contributed by atoms with E-state index in [-0.39, 0.29) is 12.5 Å². The first-order chi connectivity index (χ1) is 11.8. The van der Waals surface area contributed by atoms with Crippen LogP contribution in [0.5, 0.6) is 11.5 Å². The Bertz CT molecular complexity index is 739. The van der Waals surface area contributed by atoms with Crippen LogP contribution in [0.15, 0.2) is 30.3 Å². The van der Waals surface area contributed by atoms with Crippen molar-refractivity contribution in [3.8, 4) is 11.5 Å². The van der Waals surface area contributed by atoms with Gasteiger partial charge in [0.15, 0.2) is 6.61 Å². The minimum absolute atomic E-state index is 0.0928. The van der Waals surface area contributed by atoms with Crippen molar-refractivity contribution in [3.05, 3.63) is 58.1 Å². The first kappa shape index (κ1) is 18.8. The Labute approximate surface area is 149 Å². The first-order valence-electron chi connectivity index (χ1n) is 8.43. The van der Waals surface area contributed by atoms with Crippen molar-refractivity contribution in [2.45, 2.75) is 40.0 Å². The van der Waals surface area contributed by atoms with E-state index in [9.17, 15) is 9.90 Å². The SMILES string of the molecule is COC(=O)COc1cc(C)c(Cc2ccc(O)c(C(C)C)c2)c(C)c1. The number of hydrogen-bond acceptors (Lipinski definition) is 4. The van der Waals surface area contributed by atoms with E-state index in [0.29, 0.717) is 11.5 Å². The van der Waals surface area contributed by atoms with Gasteiger partial charge < -0.3 is 14.6 Å². The Balaban J connectivity index is 2.23. The molecule has 0 atom stereocenters. The minimum atomic E-state index is -0.398. The molecule has 25 heavy (non-hydrogen) atoms. The van der Waals surface area contributed by atoms with Crippen LogP contribution >= 0.6 is 0 Å². The molecule has 0 aromatic heterocycles. The number of phenolic OH excluding ortho intramolecular Hbond substituents is 1. The summed E-state index contributed by atoms with van der Waals surface area (Å²) in [5.74, 6) is 0.886. The van der Waals surface area contributed by atoms with Crippen LogP contribution in [-0.2, 0) is 16.0 Å². The third-order valence-corrected chi connectivity index (χ3v) is 4.35. The minimum Gasteiger partial charge on any atom is -0.508 e. The Morgan fingerprint density at radius 1 is 1.12 bits per heavy atom. The maximum absolute atomic E-state index is 11.2. The second-order valence-corrected chi connectivity index (χ2v) is 6.63. The molecule has 0 heterocycles. The van der Waals surface area contributed by atoms with E-state index in [0.717, 1.165) is 28.7 Å². The summed E-state index contributed by atoms with van der Waals surface area (Å²) in [5, 5.41) is 9.99. The number of carbonyl (C=O) groups is 1. The van der Waals surface area contributed by atoms with Crippen LogP contribution in [0, 0.1) is 13.8 Å². The molecule has 0 bridgehead atoms. The molecule has 1 N–H and O–H groups in total. The fourth-order valence-corrected chi connectivity index (χ4v) is 2.90. The van der Waals surface area contributed by atoms with Gasteiger partial charge in [-0.2, -0.15) is 0 Å². The van der Waals surface area contributed by atoms with Crippen molar-refractivity contribution in [1.82, 2.24) is 0 Å². The number of methoxy groups -OCH3 is 1. The maximum atomic E-state index is 11.2. The van der Waals surface area contributed by atoms with Gasteiger partial charge in [0.05, 0.1) is 7.11 Å². The predicted octanol–water partition coefficient (Wildman–Crippen LogP) is 4.28. The molecule has 0 aliphatic rings. The largest absolute Gasteiger partial charge is 0.508 e. The third kappa shape index (κ3) is 4.75. The molecule has 2 aromatic carbocycles. The smallest absolute Gasteiger partial charge is 0.343 e. The molecule has 0 radical (unpaired) electrons. The van der Waals surface area contributed by atoms with Crippen molar-refractivity contribution in [3.63, 3.8) is 0 Å². The number of benzene rings is 2. The van der Waals surface area contributed by atoms with Crippen molar-refractivity contribution in [1.29, 1.82) is 0 Å². The van der Waals surface area contributed by atoms with Gasteiger partial charge in [0.1, 0.15) is 11.5 Å². The van der Waals surface area contributed by atoms with Crippen LogP contribution in [0.25, 0.3) is 0 Å². The topological polar surface area (TPSA) is 55.8 Å². The lowest BCUT2D eigenvalue weighted by Gasteiger charge is -2.15. The molecular formula is C21H26O4. The number of aromatic hydroxyl groups is 1. The number of phenols is 1. The van der Waals surface area contributed by atoms with Gasteiger partial charge in [-0.3, -0.25) is 0 Å². The summed E-state index contributed by atoms with van der Waals surface area (Å²) in [6.07, 6.45) is 0.787. The number of carbonyl (C=O) groups excluding carboxylic acids is 1. The summed E-state index contributed by atoms with van der Waals surface area (Å²) in [6.45, 7) is 8.13. The Hall–Kier alpha value is -2.49. The second kappa shape index (κ2) is 8.06. The Morgan fingerprint density at radius 3 is 2.32 bits per heavy atom. The molecule has 0 unspecified atom stereocenters. The van der Waals surface area contributed by atoms with Crippen LogP contribution < -0.4 is 4.74 Å². The molecule has 2 rings (SSSR count). The zero-order chi connectivity index (χ0) is 18.6. The van der Waals surface area contributed by atoms with Crippen molar-refractivity contribution in [2.75, 3.05) is 13.7 Å².